The molecule has 0 fully saturated rings. The van der Waals surface area contributed by atoms with Gasteiger partial charge in [-0.2, -0.15) is 0 Å². The summed E-state index contributed by atoms with van der Waals surface area (Å²) in [4.78, 5) is 6.83. The van der Waals surface area contributed by atoms with Crippen LogP contribution in [-0.2, 0) is 13.0 Å². The quantitative estimate of drug-likeness (QED) is 0.524. The van der Waals surface area contributed by atoms with Gasteiger partial charge in [0.1, 0.15) is 0 Å². The number of fused-ring (bicyclic) bond motifs is 1. The zero-order chi connectivity index (χ0) is 14.5. The van der Waals surface area contributed by atoms with Crippen molar-refractivity contribution in [3.63, 3.8) is 0 Å². The van der Waals surface area contributed by atoms with Crippen LogP contribution >= 0.6 is 0 Å². The summed E-state index contributed by atoms with van der Waals surface area (Å²) in [6.07, 6.45) is 8.57. The highest BCUT2D eigenvalue weighted by Gasteiger charge is 2.18. The molecule has 0 spiro atoms. The number of nitrogens with zero attached hydrogens (tertiary/aromatic N) is 2. The second-order valence-electron chi connectivity index (χ2n) is 5.92. The van der Waals surface area contributed by atoms with Gasteiger partial charge >= 0.3 is 0 Å². The van der Waals surface area contributed by atoms with E-state index in [1.165, 1.54) is 30.4 Å². The van der Waals surface area contributed by atoms with E-state index in [1.54, 1.807) is 5.57 Å². The van der Waals surface area contributed by atoms with E-state index in [0.717, 1.165) is 38.4 Å². The Balaban J connectivity index is 1.55. The lowest BCUT2D eigenvalue weighted by Crippen LogP contribution is -2.44. The van der Waals surface area contributed by atoms with Gasteiger partial charge in [-0.05, 0) is 43.2 Å². The minimum Gasteiger partial charge on any atom is -0.356 e. The molecule has 21 heavy (non-hydrogen) atoms. The normalized spacial score (nSPS) is 18.4. The van der Waals surface area contributed by atoms with E-state index < -0.39 is 0 Å². The molecule has 3 nitrogen and oxygen atoms in total. The summed E-state index contributed by atoms with van der Waals surface area (Å²) in [5, 5.41) is 3.53. The van der Waals surface area contributed by atoms with Crippen LogP contribution in [0, 0.1) is 0 Å². The van der Waals surface area contributed by atoms with Gasteiger partial charge in [-0.1, -0.05) is 35.9 Å². The summed E-state index contributed by atoms with van der Waals surface area (Å²) in [5.74, 6) is 1.04. The summed E-state index contributed by atoms with van der Waals surface area (Å²) in [6.45, 7) is 3.02. The lowest BCUT2D eigenvalue weighted by Gasteiger charge is -2.31. The maximum Gasteiger partial charge on any atom is 0.193 e. The number of benzene rings is 1. The molecule has 0 bridgehead atoms. The van der Waals surface area contributed by atoms with Crippen LogP contribution in [0.15, 0.2) is 40.9 Å². The first-order valence-electron chi connectivity index (χ1n) is 8.07. The fourth-order valence-corrected chi connectivity index (χ4v) is 3.31. The molecule has 0 radical (unpaired) electrons. The first-order chi connectivity index (χ1) is 10.4. The summed E-state index contributed by atoms with van der Waals surface area (Å²) >= 11 is 0. The standard InChI is InChI=1S/C18H25N3/c1-19-18(20-12-10-15-6-2-3-7-15)21-13-11-16-8-4-5-9-17(16)14-21/h4-6,8-9H,2-3,7,10-14H2,1H3,(H,19,20). The summed E-state index contributed by atoms with van der Waals surface area (Å²) in [6, 6.07) is 8.75. The van der Waals surface area contributed by atoms with Crippen LogP contribution in [0.25, 0.3) is 0 Å². The average molecular weight is 283 g/mol. The van der Waals surface area contributed by atoms with E-state index in [4.69, 9.17) is 0 Å². The third-order valence-electron chi connectivity index (χ3n) is 4.51. The average Bonchev–Trinajstić information content (AvgIpc) is 3.04. The number of hydrogen-bond donors (Lipinski definition) is 1. The van der Waals surface area contributed by atoms with Crippen LogP contribution in [0.2, 0.25) is 0 Å². The molecule has 112 valence electrons. The van der Waals surface area contributed by atoms with Crippen LogP contribution in [0.4, 0.5) is 0 Å². The van der Waals surface area contributed by atoms with Crippen molar-refractivity contribution >= 4 is 5.96 Å². The highest BCUT2D eigenvalue weighted by Crippen LogP contribution is 2.20. The third kappa shape index (κ3) is 3.46. The molecular weight excluding hydrogens is 258 g/mol. The minimum atomic E-state index is 0.971. The molecule has 1 aliphatic heterocycles. The topological polar surface area (TPSA) is 27.6 Å². The van der Waals surface area contributed by atoms with Crippen molar-refractivity contribution in [2.75, 3.05) is 20.1 Å². The van der Waals surface area contributed by atoms with Gasteiger partial charge in [-0.15, -0.1) is 0 Å². The van der Waals surface area contributed by atoms with Crippen LogP contribution in [-0.4, -0.2) is 31.0 Å². The van der Waals surface area contributed by atoms with Crippen molar-refractivity contribution in [2.45, 2.75) is 38.6 Å². The molecule has 1 aliphatic carbocycles. The molecule has 1 N–H and O–H groups in total. The van der Waals surface area contributed by atoms with Gasteiger partial charge in [-0.3, -0.25) is 4.99 Å². The lowest BCUT2D eigenvalue weighted by molar-refractivity contribution is 0.379. The predicted octanol–water partition coefficient (Wildman–Crippen LogP) is 3.12. The molecular formula is C18H25N3. The van der Waals surface area contributed by atoms with Crippen molar-refractivity contribution in [2.24, 2.45) is 4.99 Å². The number of hydrogen-bond acceptors (Lipinski definition) is 1. The van der Waals surface area contributed by atoms with Crippen molar-refractivity contribution in [3.8, 4) is 0 Å². The Morgan fingerprint density at radius 3 is 2.86 bits per heavy atom. The molecule has 1 aromatic rings. The number of rotatable bonds is 3. The molecule has 0 saturated heterocycles. The predicted molar refractivity (Wildman–Crippen MR) is 88.5 cm³/mol. The molecule has 3 rings (SSSR count). The van der Waals surface area contributed by atoms with Crippen LogP contribution in [0.3, 0.4) is 0 Å². The Morgan fingerprint density at radius 1 is 1.24 bits per heavy atom. The largest absolute Gasteiger partial charge is 0.356 e. The molecule has 0 saturated carbocycles. The van der Waals surface area contributed by atoms with Gasteiger partial charge in [0.25, 0.3) is 0 Å². The number of allylic oxidation sites excluding steroid dienone is 1. The van der Waals surface area contributed by atoms with Crippen molar-refractivity contribution < 1.29 is 0 Å². The van der Waals surface area contributed by atoms with Crippen molar-refractivity contribution in [1.29, 1.82) is 0 Å². The number of guanidine groups is 1. The molecule has 2 aliphatic rings. The van der Waals surface area contributed by atoms with Gasteiger partial charge in [0.05, 0.1) is 0 Å². The molecule has 1 heterocycles. The Hall–Kier alpha value is -1.77. The maximum atomic E-state index is 4.46. The van der Waals surface area contributed by atoms with Gasteiger partial charge < -0.3 is 10.2 Å². The van der Waals surface area contributed by atoms with E-state index in [2.05, 4.69) is 45.6 Å². The third-order valence-corrected chi connectivity index (χ3v) is 4.51. The second kappa shape index (κ2) is 6.79. The Labute approximate surface area is 127 Å². The SMILES string of the molecule is CN=C(NCCC1=CCCC1)N1CCc2ccccc2C1. The first kappa shape index (κ1) is 14.2. The summed E-state index contributed by atoms with van der Waals surface area (Å²) in [7, 11) is 1.89. The summed E-state index contributed by atoms with van der Waals surface area (Å²) in [5.41, 5.74) is 4.53. The Kier molecular flexibility index (Phi) is 4.59. The molecule has 0 aromatic heterocycles. The van der Waals surface area contributed by atoms with Crippen LogP contribution in [0.5, 0.6) is 0 Å². The molecule has 0 unspecified atom stereocenters. The fraction of sp³-hybridized carbons (Fsp3) is 0.500. The van der Waals surface area contributed by atoms with E-state index >= 15 is 0 Å². The van der Waals surface area contributed by atoms with Gasteiger partial charge in [0.15, 0.2) is 5.96 Å². The van der Waals surface area contributed by atoms with Crippen LogP contribution in [0.1, 0.15) is 36.8 Å². The maximum absolute atomic E-state index is 4.46. The Morgan fingerprint density at radius 2 is 2.10 bits per heavy atom. The van der Waals surface area contributed by atoms with Gasteiger partial charge in [0.2, 0.25) is 0 Å². The zero-order valence-corrected chi connectivity index (χ0v) is 12.9. The fourth-order valence-electron chi connectivity index (χ4n) is 3.31. The van der Waals surface area contributed by atoms with Crippen molar-refractivity contribution in [3.05, 3.63) is 47.0 Å². The van der Waals surface area contributed by atoms with E-state index in [1.807, 2.05) is 7.05 Å². The zero-order valence-electron chi connectivity index (χ0n) is 12.9. The minimum absolute atomic E-state index is 0.971. The highest BCUT2D eigenvalue weighted by molar-refractivity contribution is 5.80. The molecule has 0 atom stereocenters. The Bertz CT molecular complexity index is 545. The van der Waals surface area contributed by atoms with Crippen LogP contribution < -0.4 is 5.32 Å². The number of aliphatic imine (C=N–C) groups is 1. The smallest absolute Gasteiger partial charge is 0.193 e. The molecule has 1 aromatic carbocycles. The monoisotopic (exact) mass is 283 g/mol. The summed E-state index contributed by atoms with van der Waals surface area (Å²) < 4.78 is 0. The first-order valence-corrected chi connectivity index (χ1v) is 8.07. The van der Waals surface area contributed by atoms with E-state index in [0.29, 0.717) is 0 Å². The molecule has 3 heteroatoms. The second-order valence-corrected chi connectivity index (χ2v) is 5.92. The van der Waals surface area contributed by atoms with Gasteiger partial charge in [-0.25, -0.2) is 0 Å². The lowest BCUT2D eigenvalue weighted by atomic mass is 10.0. The van der Waals surface area contributed by atoms with E-state index in [9.17, 15) is 0 Å². The highest BCUT2D eigenvalue weighted by atomic mass is 15.3. The molecule has 0 amide bonds. The van der Waals surface area contributed by atoms with Crippen molar-refractivity contribution in [1.82, 2.24) is 10.2 Å². The van der Waals surface area contributed by atoms with E-state index in [-0.39, 0.29) is 0 Å². The van der Waals surface area contributed by atoms with Gasteiger partial charge in [0, 0.05) is 26.7 Å². The number of nitrogens with one attached hydrogen (secondary N) is 1.